The predicted octanol–water partition coefficient (Wildman–Crippen LogP) is 0.833. The predicted molar refractivity (Wildman–Crippen MR) is 68.6 cm³/mol. The number of hydrogen-bond donors (Lipinski definition) is 2. The molecule has 0 saturated carbocycles. The third kappa shape index (κ3) is 7.65. The molecule has 0 heterocycles. The molecule has 2 N–H and O–H groups in total. The maximum Gasteiger partial charge on any atom is 0.236 e. The van der Waals surface area contributed by atoms with Gasteiger partial charge in [0.25, 0.3) is 0 Å². The molecule has 16 heavy (non-hydrogen) atoms. The molecule has 0 aliphatic heterocycles. The molecule has 96 valence electrons. The van der Waals surface area contributed by atoms with Crippen molar-refractivity contribution in [1.29, 1.82) is 0 Å². The topological polar surface area (TPSA) is 44.4 Å². The van der Waals surface area contributed by atoms with Gasteiger partial charge < -0.3 is 15.5 Å². The lowest BCUT2D eigenvalue weighted by Crippen LogP contribution is -2.43. The van der Waals surface area contributed by atoms with E-state index >= 15 is 0 Å². The summed E-state index contributed by atoms with van der Waals surface area (Å²) in [5, 5.41) is 6.52. The molecule has 1 amide bonds. The normalized spacial score (nSPS) is 11.6. The molecule has 0 saturated heterocycles. The van der Waals surface area contributed by atoms with Crippen LogP contribution in [0.4, 0.5) is 0 Å². The van der Waals surface area contributed by atoms with Crippen molar-refractivity contribution in [3.8, 4) is 0 Å². The lowest BCUT2D eigenvalue weighted by molar-refractivity contribution is -0.129. The van der Waals surface area contributed by atoms with Gasteiger partial charge in [0.2, 0.25) is 5.91 Å². The lowest BCUT2D eigenvalue weighted by Gasteiger charge is -2.21. The Morgan fingerprint density at radius 1 is 1.12 bits per heavy atom. The van der Waals surface area contributed by atoms with Crippen LogP contribution >= 0.6 is 0 Å². The number of likely N-dealkylation sites (N-methyl/N-ethyl adjacent to an activating group) is 1. The molecule has 0 unspecified atom stereocenters. The Bertz CT molecular complexity index is 195. The average Bonchev–Trinajstić information content (AvgIpc) is 2.17. The zero-order valence-corrected chi connectivity index (χ0v) is 11.4. The Morgan fingerprint density at radius 2 is 1.69 bits per heavy atom. The molecule has 0 bridgehead atoms. The summed E-state index contributed by atoms with van der Waals surface area (Å²) in [6, 6.07) is 0. The molecule has 0 aliphatic carbocycles. The molecule has 0 aromatic heterocycles. The van der Waals surface area contributed by atoms with Crippen molar-refractivity contribution >= 4 is 5.91 Å². The Balaban J connectivity index is 3.55. The molecular weight excluding hydrogens is 202 g/mol. The van der Waals surface area contributed by atoms with Crippen LogP contribution in [0.5, 0.6) is 0 Å². The molecule has 0 rings (SSSR count). The summed E-state index contributed by atoms with van der Waals surface area (Å²) in [6.07, 6.45) is 0. The van der Waals surface area contributed by atoms with Crippen LogP contribution in [-0.4, -0.2) is 49.1 Å². The van der Waals surface area contributed by atoms with Gasteiger partial charge in [0, 0.05) is 31.7 Å². The van der Waals surface area contributed by atoms with E-state index in [2.05, 4.69) is 31.4 Å². The largest absolute Gasteiger partial charge is 0.342 e. The van der Waals surface area contributed by atoms with Crippen LogP contribution in [-0.2, 0) is 4.79 Å². The first-order chi connectivity index (χ1) is 7.40. The van der Waals surface area contributed by atoms with E-state index in [0.29, 0.717) is 6.54 Å². The van der Waals surface area contributed by atoms with E-state index in [1.165, 1.54) is 0 Å². The highest BCUT2D eigenvalue weighted by Gasteiger charge is 2.09. The van der Waals surface area contributed by atoms with Crippen molar-refractivity contribution in [3.63, 3.8) is 0 Å². The van der Waals surface area contributed by atoms with E-state index in [-0.39, 0.29) is 11.4 Å². The quantitative estimate of drug-likeness (QED) is 0.636. The number of rotatable bonds is 7. The summed E-state index contributed by atoms with van der Waals surface area (Å²) in [7, 11) is 0. The second-order valence-electron chi connectivity index (χ2n) is 4.92. The number of carbonyl (C=O) groups excluding carboxylic acids is 1. The van der Waals surface area contributed by atoms with Crippen LogP contribution in [0, 0.1) is 0 Å². The van der Waals surface area contributed by atoms with E-state index in [0.717, 1.165) is 26.2 Å². The molecule has 0 radical (unpaired) electrons. The molecule has 0 aromatic carbocycles. The van der Waals surface area contributed by atoms with Crippen LogP contribution in [0.2, 0.25) is 0 Å². The van der Waals surface area contributed by atoms with E-state index in [4.69, 9.17) is 0 Å². The van der Waals surface area contributed by atoms with Crippen molar-refractivity contribution in [3.05, 3.63) is 0 Å². The summed E-state index contributed by atoms with van der Waals surface area (Å²) in [5.74, 6) is 0.181. The van der Waals surface area contributed by atoms with E-state index in [1.807, 2.05) is 18.7 Å². The maximum absolute atomic E-state index is 11.6. The number of carbonyl (C=O) groups is 1. The molecular formula is C12H27N3O. The Labute approximate surface area is 99.8 Å². The van der Waals surface area contributed by atoms with Gasteiger partial charge in [0.15, 0.2) is 0 Å². The Morgan fingerprint density at radius 3 is 2.12 bits per heavy atom. The first-order valence-corrected chi connectivity index (χ1v) is 6.14. The lowest BCUT2D eigenvalue weighted by atomic mass is 10.1. The van der Waals surface area contributed by atoms with Gasteiger partial charge in [-0.05, 0) is 34.6 Å². The summed E-state index contributed by atoms with van der Waals surface area (Å²) < 4.78 is 0. The number of amides is 1. The molecule has 4 nitrogen and oxygen atoms in total. The van der Waals surface area contributed by atoms with Crippen LogP contribution in [0.15, 0.2) is 0 Å². The summed E-state index contributed by atoms with van der Waals surface area (Å²) in [4.78, 5) is 13.4. The molecule has 4 heteroatoms. The van der Waals surface area contributed by atoms with Gasteiger partial charge in [-0.1, -0.05) is 0 Å². The minimum Gasteiger partial charge on any atom is -0.342 e. The fourth-order valence-corrected chi connectivity index (χ4v) is 1.41. The molecule has 0 atom stereocenters. The smallest absolute Gasteiger partial charge is 0.236 e. The summed E-state index contributed by atoms with van der Waals surface area (Å²) in [6.45, 7) is 14.1. The van der Waals surface area contributed by atoms with Gasteiger partial charge in [0.05, 0.1) is 6.54 Å². The Kier molecular flexibility index (Phi) is 7.34. The average molecular weight is 229 g/mol. The maximum atomic E-state index is 11.6. The standard InChI is InChI=1S/C12H27N3O/c1-6-15(7-2)11(16)10-13-8-9-14-12(3,4)5/h13-14H,6-10H2,1-5H3. The minimum absolute atomic E-state index is 0.143. The van der Waals surface area contributed by atoms with E-state index in [9.17, 15) is 4.79 Å². The molecule has 0 spiro atoms. The molecule has 0 aliphatic rings. The van der Waals surface area contributed by atoms with Gasteiger partial charge in [-0.25, -0.2) is 0 Å². The van der Waals surface area contributed by atoms with Crippen LogP contribution in [0.3, 0.4) is 0 Å². The zero-order valence-electron chi connectivity index (χ0n) is 11.4. The van der Waals surface area contributed by atoms with Crippen molar-refractivity contribution < 1.29 is 4.79 Å². The number of nitrogens with zero attached hydrogens (tertiary/aromatic N) is 1. The van der Waals surface area contributed by atoms with Crippen molar-refractivity contribution in [2.45, 2.75) is 40.2 Å². The SMILES string of the molecule is CCN(CC)C(=O)CNCCNC(C)(C)C. The van der Waals surface area contributed by atoms with E-state index in [1.54, 1.807) is 0 Å². The third-order valence-electron chi connectivity index (χ3n) is 2.35. The first-order valence-electron chi connectivity index (χ1n) is 6.14. The first kappa shape index (κ1) is 15.4. The number of nitrogens with one attached hydrogen (secondary N) is 2. The molecule has 0 fully saturated rings. The van der Waals surface area contributed by atoms with Gasteiger partial charge >= 0.3 is 0 Å². The highest BCUT2D eigenvalue weighted by atomic mass is 16.2. The van der Waals surface area contributed by atoms with Crippen LogP contribution in [0.1, 0.15) is 34.6 Å². The highest BCUT2D eigenvalue weighted by Crippen LogP contribution is 1.96. The fraction of sp³-hybridized carbons (Fsp3) is 0.917. The minimum atomic E-state index is 0.143. The van der Waals surface area contributed by atoms with Gasteiger partial charge in [-0.2, -0.15) is 0 Å². The molecule has 0 aromatic rings. The Hall–Kier alpha value is -0.610. The highest BCUT2D eigenvalue weighted by molar-refractivity contribution is 5.78. The number of hydrogen-bond acceptors (Lipinski definition) is 3. The van der Waals surface area contributed by atoms with Crippen LogP contribution in [0.25, 0.3) is 0 Å². The second kappa shape index (κ2) is 7.63. The van der Waals surface area contributed by atoms with E-state index < -0.39 is 0 Å². The van der Waals surface area contributed by atoms with Crippen LogP contribution < -0.4 is 10.6 Å². The van der Waals surface area contributed by atoms with Gasteiger partial charge in [-0.3, -0.25) is 4.79 Å². The van der Waals surface area contributed by atoms with Crippen molar-refractivity contribution in [2.24, 2.45) is 0 Å². The van der Waals surface area contributed by atoms with Crippen molar-refractivity contribution in [2.75, 3.05) is 32.7 Å². The second-order valence-corrected chi connectivity index (χ2v) is 4.92. The van der Waals surface area contributed by atoms with Gasteiger partial charge in [0.1, 0.15) is 0 Å². The van der Waals surface area contributed by atoms with Crippen molar-refractivity contribution in [1.82, 2.24) is 15.5 Å². The summed E-state index contributed by atoms with van der Waals surface area (Å²) >= 11 is 0. The monoisotopic (exact) mass is 229 g/mol. The fourth-order valence-electron chi connectivity index (χ4n) is 1.41. The van der Waals surface area contributed by atoms with Gasteiger partial charge in [-0.15, -0.1) is 0 Å². The third-order valence-corrected chi connectivity index (χ3v) is 2.35. The zero-order chi connectivity index (χ0) is 12.6. The summed E-state index contributed by atoms with van der Waals surface area (Å²) in [5.41, 5.74) is 0.143.